The van der Waals surface area contributed by atoms with Gasteiger partial charge in [0, 0.05) is 38.8 Å². The lowest BCUT2D eigenvalue weighted by Gasteiger charge is -2.29. The lowest BCUT2D eigenvalue weighted by molar-refractivity contribution is -0.126. The van der Waals surface area contributed by atoms with E-state index in [9.17, 15) is 4.79 Å². The highest BCUT2D eigenvalue weighted by Crippen LogP contribution is 2.04. The van der Waals surface area contributed by atoms with Gasteiger partial charge in [0.25, 0.3) is 0 Å². The van der Waals surface area contributed by atoms with E-state index in [1.54, 1.807) is 11.0 Å². The molecule has 5 heteroatoms. The molecule has 23 heavy (non-hydrogen) atoms. The lowest BCUT2D eigenvalue weighted by atomic mass is 10.2. The van der Waals surface area contributed by atoms with Crippen molar-refractivity contribution < 1.29 is 9.53 Å². The quantitative estimate of drug-likeness (QED) is 0.720. The lowest BCUT2D eigenvalue weighted by Crippen LogP contribution is -2.43. The zero-order chi connectivity index (χ0) is 16.3. The van der Waals surface area contributed by atoms with E-state index >= 15 is 0 Å². The van der Waals surface area contributed by atoms with E-state index in [0.717, 1.165) is 38.4 Å². The van der Waals surface area contributed by atoms with Gasteiger partial charge in [-0.15, -0.1) is 0 Å². The van der Waals surface area contributed by atoms with E-state index in [0.29, 0.717) is 19.5 Å². The third-order valence-corrected chi connectivity index (χ3v) is 3.81. The van der Waals surface area contributed by atoms with Crippen molar-refractivity contribution in [2.45, 2.75) is 6.42 Å². The molecule has 0 aliphatic carbocycles. The molecular formula is C18H23N3O2. The van der Waals surface area contributed by atoms with Gasteiger partial charge in [-0.1, -0.05) is 30.3 Å². The van der Waals surface area contributed by atoms with Gasteiger partial charge in [0.05, 0.1) is 25.7 Å². The van der Waals surface area contributed by atoms with Gasteiger partial charge in [-0.2, -0.15) is 5.26 Å². The van der Waals surface area contributed by atoms with Crippen molar-refractivity contribution >= 4 is 12.0 Å². The zero-order valence-electron chi connectivity index (χ0n) is 13.4. The predicted octanol–water partition coefficient (Wildman–Crippen LogP) is 1.77. The number of ether oxygens (including phenoxy) is 1. The van der Waals surface area contributed by atoms with E-state index < -0.39 is 0 Å². The van der Waals surface area contributed by atoms with Crippen LogP contribution in [-0.2, 0) is 9.53 Å². The Bertz CT molecular complexity index is 545. The van der Waals surface area contributed by atoms with Gasteiger partial charge in [-0.05, 0) is 11.6 Å². The van der Waals surface area contributed by atoms with Crippen LogP contribution >= 0.6 is 0 Å². The molecule has 1 saturated heterocycles. The average Bonchev–Trinajstić information content (AvgIpc) is 2.61. The molecule has 0 spiro atoms. The maximum absolute atomic E-state index is 12.4. The van der Waals surface area contributed by atoms with Gasteiger partial charge < -0.3 is 9.64 Å². The molecule has 122 valence electrons. The summed E-state index contributed by atoms with van der Waals surface area (Å²) >= 11 is 0. The molecule has 2 rings (SSSR count). The summed E-state index contributed by atoms with van der Waals surface area (Å²) in [5, 5.41) is 8.79. The molecule has 5 nitrogen and oxygen atoms in total. The second kappa shape index (κ2) is 9.78. The number of rotatable bonds is 7. The highest BCUT2D eigenvalue weighted by molar-refractivity contribution is 5.91. The van der Waals surface area contributed by atoms with E-state index in [4.69, 9.17) is 10.00 Å². The van der Waals surface area contributed by atoms with Crippen molar-refractivity contribution in [2.75, 3.05) is 45.9 Å². The van der Waals surface area contributed by atoms with Crippen molar-refractivity contribution in [1.82, 2.24) is 9.80 Å². The number of hydrogen-bond acceptors (Lipinski definition) is 4. The van der Waals surface area contributed by atoms with E-state index in [1.807, 2.05) is 36.4 Å². The van der Waals surface area contributed by atoms with Crippen molar-refractivity contribution in [2.24, 2.45) is 0 Å². The van der Waals surface area contributed by atoms with Gasteiger partial charge in [0.1, 0.15) is 0 Å². The molecule has 0 N–H and O–H groups in total. The number of benzene rings is 1. The van der Waals surface area contributed by atoms with Crippen LogP contribution in [0, 0.1) is 11.3 Å². The zero-order valence-corrected chi connectivity index (χ0v) is 13.4. The molecular weight excluding hydrogens is 290 g/mol. The number of hydrogen-bond donors (Lipinski definition) is 0. The first-order valence-corrected chi connectivity index (χ1v) is 7.98. The summed E-state index contributed by atoms with van der Waals surface area (Å²) in [5.74, 6) is -0.0441. The Morgan fingerprint density at radius 2 is 2.00 bits per heavy atom. The topological polar surface area (TPSA) is 56.6 Å². The Labute approximate surface area is 137 Å². The SMILES string of the molecule is N#CCCN(CCN1CCOCC1)C(=O)C=Cc1ccccc1. The molecule has 1 aromatic rings. The molecule has 0 radical (unpaired) electrons. The van der Waals surface area contributed by atoms with Gasteiger partial charge in [0.15, 0.2) is 0 Å². The molecule has 1 amide bonds. The van der Waals surface area contributed by atoms with Crippen molar-refractivity contribution in [3.63, 3.8) is 0 Å². The number of nitrogens with zero attached hydrogens (tertiary/aromatic N) is 3. The summed E-state index contributed by atoms with van der Waals surface area (Å²) in [6, 6.07) is 11.9. The molecule has 0 unspecified atom stereocenters. The monoisotopic (exact) mass is 313 g/mol. The molecule has 1 aliphatic rings. The fourth-order valence-corrected chi connectivity index (χ4v) is 2.44. The van der Waals surface area contributed by atoms with Crippen LogP contribution in [0.3, 0.4) is 0 Å². The highest BCUT2D eigenvalue weighted by atomic mass is 16.5. The Morgan fingerprint density at radius 1 is 1.26 bits per heavy atom. The molecule has 1 fully saturated rings. The van der Waals surface area contributed by atoms with Crippen LogP contribution in [0.2, 0.25) is 0 Å². The highest BCUT2D eigenvalue weighted by Gasteiger charge is 2.14. The number of amides is 1. The van der Waals surface area contributed by atoms with Gasteiger partial charge in [0.2, 0.25) is 5.91 Å². The van der Waals surface area contributed by atoms with Crippen molar-refractivity contribution in [1.29, 1.82) is 5.26 Å². The van der Waals surface area contributed by atoms with E-state index in [2.05, 4.69) is 11.0 Å². The number of carbonyl (C=O) groups is 1. The molecule has 1 heterocycles. The first kappa shape index (κ1) is 17.2. The van der Waals surface area contributed by atoms with Crippen LogP contribution in [-0.4, -0.2) is 61.6 Å². The summed E-state index contributed by atoms with van der Waals surface area (Å²) in [5.41, 5.74) is 0.995. The normalized spacial score (nSPS) is 15.4. The third kappa shape index (κ3) is 6.23. The van der Waals surface area contributed by atoms with Crippen LogP contribution in [0.25, 0.3) is 6.08 Å². The van der Waals surface area contributed by atoms with E-state index in [1.165, 1.54) is 0 Å². The van der Waals surface area contributed by atoms with Crippen LogP contribution in [0.1, 0.15) is 12.0 Å². The largest absolute Gasteiger partial charge is 0.379 e. The number of morpholine rings is 1. The minimum atomic E-state index is -0.0441. The van der Waals surface area contributed by atoms with E-state index in [-0.39, 0.29) is 5.91 Å². The van der Waals surface area contributed by atoms with Crippen molar-refractivity contribution in [3.8, 4) is 6.07 Å². The molecule has 0 aromatic heterocycles. The Kier molecular flexibility index (Phi) is 7.31. The number of carbonyl (C=O) groups excluding carboxylic acids is 1. The Hall–Kier alpha value is -2.16. The minimum absolute atomic E-state index is 0.0441. The summed E-state index contributed by atoms with van der Waals surface area (Å²) < 4.78 is 5.33. The Balaban J connectivity index is 1.89. The molecule has 0 bridgehead atoms. The maximum atomic E-state index is 12.4. The van der Waals surface area contributed by atoms with Crippen LogP contribution in [0.5, 0.6) is 0 Å². The molecule has 1 aromatic carbocycles. The fraction of sp³-hybridized carbons (Fsp3) is 0.444. The van der Waals surface area contributed by atoms with Crippen LogP contribution < -0.4 is 0 Å². The van der Waals surface area contributed by atoms with Gasteiger partial charge in [-0.3, -0.25) is 9.69 Å². The second-order valence-corrected chi connectivity index (χ2v) is 5.43. The molecule has 0 atom stereocenters. The van der Waals surface area contributed by atoms with Gasteiger partial charge >= 0.3 is 0 Å². The maximum Gasteiger partial charge on any atom is 0.246 e. The first-order chi connectivity index (χ1) is 11.3. The standard InChI is InChI=1S/C18H23N3O2/c19-9-4-10-21(12-11-20-13-15-23-16-14-20)18(22)8-7-17-5-2-1-3-6-17/h1-3,5-8H,4,10-16H2. The average molecular weight is 313 g/mol. The van der Waals surface area contributed by atoms with Crippen LogP contribution in [0.15, 0.2) is 36.4 Å². The minimum Gasteiger partial charge on any atom is -0.379 e. The smallest absolute Gasteiger partial charge is 0.246 e. The molecule has 1 aliphatic heterocycles. The first-order valence-electron chi connectivity index (χ1n) is 7.98. The molecule has 0 saturated carbocycles. The fourth-order valence-electron chi connectivity index (χ4n) is 2.44. The second-order valence-electron chi connectivity index (χ2n) is 5.43. The third-order valence-electron chi connectivity index (χ3n) is 3.81. The van der Waals surface area contributed by atoms with Crippen LogP contribution in [0.4, 0.5) is 0 Å². The Morgan fingerprint density at radius 3 is 2.70 bits per heavy atom. The number of nitriles is 1. The van der Waals surface area contributed by atoms with Gasteiger partial charge in [-0.25, -0.2) is 0 Å². The summed E-state index contributed by atoms with van der Waals surface area (Å²) in [7, 11) is 0. The summed E-state index contributed by atoms with van der Waals surface area (Å²) in [6.07, 6.45) is 3.76. The summed E-state index contributed by atoms with van der Waals surface area (Å²) in [4.78, 5) is 16.4. The summed E-state index contributed by atoms with van der Waals surface area (Å²) in [6.45, 7) is 5.23. The predicted molar refractivity (Wildman–Crippen MR) is 89.5 cm³/mol. The van der Waals surface area contributed by atoms with Crippen molar-refractivity contribution in [3.05, 3.63) is 42.0 Å².